The number of likely N-dealkylation sites (tertiary alicyclic amines) is 1. The van der Waals surface area contributed by atoms with Crippen molar-refractivity contribution in [3.8, 4) is 0 Å². The Morgan fingerprint density at radius 1 is 1.38 bits per heavy atom. The van der Waals surface area contributed by atoms with Crippen LogP contribution in [0.25, 0.3) is 0 Å². The summed E-state index contributed by atoms with van der Waals surface area (Å²) < 4.78 is 0. The van der Waals surface area contributed by atoms with Gasteiger partial charge in [0.1, 0.15) is 5.54 Å². The van der Waals surface area contributed by atoms with Crippen LogP contribution in [0.3, 0.4) is 0 Å². The van der Waals surface area contributed by atoms with Gasteiger partial charge in [-0.3, -0.25) is 14.5 Å². The van der Waals surface area contributed by atoms with Crippen molar-refractivity contribution in [3.05, 3.63) is 29.3 Å². The Morgan fingerprint density at radius 2 is 2.10 bits per heavy atom. The van der Waals surface area contributed by atoms with Crippen LogP contribution >= 0.6 is 0 Å². The molecule has 21 heavy (non-hydrogen) atoms. The van der Waals surface area contributed by atoms with E-state index in [0.29, 0.717) is 13.0 Å². The molecule has 1 fully saturated rings. The monoisotopic (exact) mass is 290 g/mol. The molecule has 5 nitrogen and oxygen atoms in total. The van der Waals surface area contributed by atoms with Crippen molar-refractivity contribution in [2.45, 2.75) is 39.2 Å². The molecule has 1 aromatic carbocycles. The number of carboxylic acids is 1. The number of hydrogen-bond donors (Lipinski definition) is 2. The minimum Gasteiger partial charge on any atom is -0.480 e. The molecule has 114 valence electrons. The van der Waals surface area contributed by atoms with Crippen molar-refractivity contribution in [1.82, 2.24) is 4.90 Å². The number of carbonyl (C=O) groups is 2. The number of carboxylic acid groups (broad SMARTS) is 1. The Morgan fingerprint density at radius 3 is 2.76 bits per heavy atom. The van der Waals surface area contributed by atoms with Gasteiger partial charge in [-0.2, -0.15) is 0 Å². The quantitative estimate of drug-likeness (QED) is 0.891. The second-order valence-corrected chi connectivity index (χ2v) is 5.97. The first-order valence-corrected chi connectivity index (χ1v) is 7.18. The molecule has 0 spiro atoms. The average molecular weight is 290 g/mol. The Kier molecular flexibility index (Phi) is 4.32. The zero-order valence-electron chi connectivity index (χ0n) is 12.8. The summed E-state index contributed by atoms with van der Waals surface area (Å²) in [5.74, 6) is -1.03. The van der Waals surface area contributed by atoms with Crippen LogP contribution in [0, 0.1) is 13.8 Å². The molecule has 2 N–H and O–H groups in total. The van der Waals surface area contributed by atoms with Gasteiger partial charge in [-0.15, -0.1) is 0 Å². The predicted octanol–water partition coefficient (Wildman–Crippen LogP) is 2.18. The van der Waals surface area contributed by atoms with Gasteiger partial charge >= 0.3 is 5.97 Å². The van der Waals surface area contributed by atoms with E-state index in [0.717, 1.165) is 23.2 Å². The van der Waals surface area contributed by atoms with Crippen LogP contribution in [0.1, 0.15) is 30.9 Å². The lowest BCUT2D eigenvalue weighted by Crippen LogP contribution is -2.50. The number of anilines is 1. The number of benzene rings is 1. The SMILES string of the molecule is Cc1ccc(C)c(NC(=O)CN2CCCC2(C)C(=O)O)c1. The van der Waals surface area contributed by atoms with Crippen molar-refractivity contribution >= 4 is 17.6 Å². The number of rotatable bonds is 4. The summed E-state index contributed by atoms with van der Waals surface area (Å²) in [5.41, 5.74) is 1.93. The van der Waals surface area contributed by atoms with Crippen LogP contribution in [0.2, 0.25) is 0 Å². The fourth-order valence-corrected chi connectivity index (χ4v) is 2.75. The zero-order chi connectivity index (χ0) is 15.6. The predicted molar refractivity (Wildman–Crippen MR) is 81.4 cm³/mol. The maximum absolute atomic E-state index is 12.2. The first-order chi connectivity index (χ1) is 9.83. The average Bonchev–Trinajstić information content (AvgIpc) is 2.77. The van der Waals surface area contributed by atoms with Crippen LogP contribution in [0.15, 0.2) is 18.2 Å². The second-order valence-electron chi connectivity index (χ2n) is 5.97. The van der Waals surface area contributed by atoms with E-state index in [4.69, 9.17) is 0 Å². The summed E-state index contributed by atoms with van der Waals surface area (Å²) in [6.07, 6.45) is 1.39. The third-order valence-electron chi connectivity index (χ3n) is 4.25. The lowest BCUT2D eigenvalue weighted by Gasteiger charge is -2.30. The molecule has 5 heteroatoms. The molecule has 0 aromatic heterocycles. The van der Waals surface area contributed by atoms with Crippen LogP contribution in [0.4, 0.5) is 5.69 Å². The highest BCUT2D eigenvalue weighted by Gasteiger charge is 2.43. The lowest BCUT2D eigenvalue weighted by atomic mass is 9.99. The molecule has 2 rings (SSSR count). The summed E-state index contributed by atoms with van der Waals surface area (Å²) in [7, 11) is 0. The summed E-state index contributed by atoms with van der Waals surface area (Å²) in [6, 6.07) is 5.88. The molecule has 0 saturated carbocycles. The largest absolute Gasteiger partial charge is 0.480 e. The highest BCUT2D eigenvalue weighted by Crippen LogP contribution is 2.29. The Labute approximate surface area is 125 Å². The maximum Gasteiger partial charge on any atom is 0.323 e. The number of nitrogens with one attached hydrogen (secondary N) is 1. The molecular weight excluding hydrogens is 268 g/mol. The van der Waals surface area contributed by atoms with E-state index >= 15 is 0 Å². The van der Waals surface area contributed by atoms with E-state index < -0.39 is 11.5 Å². The minimum atomic E-state index is -0.932. The Bertz CT molecular complexity index is 571. The summed E-state index contributed by atoms with van der Waals surface area (Å²) in [4.78, 5) is 25.3. The molecule has 1 heterocycles. The lowest BCUT2D eigenvalue weighted by molar-refractivity contribution is -0.149. The Hall–Kier alpha value is -1.88. The van der Waals surface area contributed by atoms with Crippen molar-refractivity contribution in [2.75, 3.05) is 18.4 Å². The molecule has 0 radical (unpaired) electrons. The third kappa shape index (κ3) is 3.24. The van der Waals surface area contributed by atoms with Gasteiger partial charge in [-0.1, -0.05) is 12.1 Å². The second kappa shape index (κ2) is 5.85. The zero-order valence-corrected chi connectivity index (χ0v) is 12.8. The van der Waals surface area contributed by atoms with Gasteiger partial charge < -0.3 is 10.4 Å². The summed E-state index contributed by atoms with van der Waals surface area (Å²) in [6.45, 7) is 6.34. The summed E-state index contributed by atoms with van der Waals surface area (Å²) >= 11 is 0. The fraction of sp³-hybridized carbons (Fsp3) is 0.500. The van der Waals surface area contributed by atoms with Gasteiger partial charge in [0.2, 0.25) is 5.91 Å². The Balaban J connectivity index is 2.05. The number of aliphatic carboxylic acids is 1. The normalized spacial score (nSPS) is 22.2. The van der Waals surface area contributed by atoms with Crippen molar-refractivity contribution in [3.63, 3.8) is 0 Å². The number of amides is 1. The standard InChI is InChI=1S/C16H22N2O3/c1-11-5-6-12(2)13(9-11)17-14(19)10-18-8-4-7-16(18,3)15(20)21/h5-6,9H,4,7-8,10H2,1-3H3,(H,17,19)(H,20,21). The molecule has 1 aliphatic rings. The number of carbonyl (C=O) groups excluding carboxylic acids is 1. The molecule has 1 aromatic rings. The highest BCUT2D eigenvalue weighted by molar-refractivity contribution is 5.93. The third-order valence-corrected chi connectivity index (χ3v) is 4.25. The van der Waals surface area contributed by atoms with Crippen molar-refractivity contribution in [1.29, 1.82) is 0 Å². The fourth-order valence-electron chi connectivity index (χ4n) is 2.75. The molecular formula is C16H22N2O3. The van der Waals surface area contributed by atoms with Crippen LogP contribution < -0.4 is 5.32 Å². The van der Waals surface area contributed by atoms with Crippen LogP contribution in [-0.2, 0) is 9.59 Å². The number of hydrogen-bond acceptors (Lipinski definition) is 3. The summed E-state index contributed by atoms with van der Waals surface area (Å²) in [5, 5.41) is 12.2. The van der Waals surface area contributed by atoms with E-state index in [9.17, 15) is 14.7 Å². The van der Waals surface area contributed by atoms with Gasteiger partial charge in [-0.05, 0) is 57.4 Å². The van der Waals surface area contributed by atoms with Gasteiger partial charge in [0.05, 0.1) is 6.54 Å². The van der Waals surface area contributed by atoms with E-state index in [1.54, 1.807) is 11.8 Å². The van der Waals surface area contributed by atoms with E-state index in [1.165, 1.54) is 0 Å². The van der Waals surface area contributed by atoms with Crippen LogP contribution in [-0.4, -0.2) is 40.5 Å². The maximum atomic E-state index is 12.2. The topological polar surface area (TPSA) is 69.6 Å². The minimum absolute atomic E-state index is 0.107. The first kappa shape index (κ1) is 15.5. The van der Waals surface area contributed by atoms with E-state index in [1.807, 2.05) is 32.0 Å². The smallest absolute Gasteiger partial charge is 0.323 e. The van der Waals surface area contributed by atoms with E-state index in [2.05, 4.69) is 5.32 Å². The van der Waals surface area contributed by atoms with E-state index in [-0.39, 0.29) is 12.5 Å². The molecule has 0 aliphatic carbocycles. The number of aryl methyl sites for hydroxylation is 2. The van der Waals surface area contributed by atoms with Crippen molar-refractivity contribution in [2.24, 2.45) is 0 Å². The van der Waals surface area contributed by atoms with Crippen molar-refractivity contribution < 1.29 is 14.7 Å². The molecule has 1 saturated heterocycles. The number of nitrogens with zero attached hydrogens (tertiary/aromatic N) is 1. The van der Waals surface area contributed by atoms with Crippen LogP contribution in [0.5, 0.6) is 0 Å². The van der Waals surface area contributed by atoms with Gasteiger partial charge in [-0.25, -0.2) is 0 Å². The van der Waals surface area contributed by atoms with Gasteiger partial charge in [0, 0.05) is 5.69 Å². The van der Waals surface area contributed by atoms with Gasteiger partial charge in [0.15, 0.2) is 0 Å². The molecule has 1 atom stereocenters. The highest BCUT2D eigenvalue weighted by atomic mass is 16.4. The van der Waals surface area contributed by atoms with Gasteiger partial charge in [0.25, 0.3) is 0 Å². The molecule has 1 amide bonds. The first-order valence-electron chi connectivity index (χ1n) is 7.18. The molecule has 1 aliphatic heterocycles. The molecule has 1 unspecified atom stereocenters. The molecule has 0 bridgehead atoms.